The Bertz CT molecular complexity index is 522. The minimum absolute atomic E-state index is 0. The van der Waals surface area contributed by atoms with Crippen LogP contribution in [0.4, 0.5) is 11.8 Å². The summed E-state index contributed by atoms with van der Waals surface area (Å²) < 4.78 is 0. The van der Waals surface area contributed by atoms with Gasteiger partial charge < -0.3 is 15.3 Å². The van der Waals surface area contributed by atoms with Gasteiger partial charge in [-0.25, -0.2) is 4.98 Å². The molecule has 0 amide bonds. The van der Waals surface area contributed by atoms with Gasteiger partial charge in [-0.3, -0.25) is 4.84 Å². The Morgan fingerprint density at radius 1 is 1.12 bits per heavy atom. The molecule has 0 spiro atoms. The number of anilines is 2. The Morgan fingerprint density at radius 3 is 2.21 bits per heavy atom. The standard InChI is InChI=1S/C17H31N5O.H2O/c1-13-12-15(19-16(18-13)20(5)6)22-10-8-14(9-11-22)21(7)23-17(2,3)4;/h12,14H,8-11H2,1-7H3;1H2. The molecule has 1 saturated heterocycles. The van der Waals surface area contributed by atoms with Crippen LogP contribution in [0.3, 0.4) is 0 Å². The lowest BCUT2D eigenvalue weighted by atomic mass is 10.0. The molecule has 0 unspecified atom stereocenters. The van der Waals surface area contributed by atoms with Gasteiger partial charge in [0.15, 0.2) is 0 Å². The molecule has 0 saturated carbocycles. The molecule has 1 aromatic heterocycles. The summed E-state index contributed by atoms with van der Waals surface area (Å²) in [5, 5.41) is 2.04. The molecule has 2 heterocycles. The molecule has 24 heavy (non-hydrogen) atoms. The minimum Gasteiger partial charge on any atom is -0.412 e. The first-order chi connectivity index (χ1) is 10.7. The molecule has 2 N–H and O–H groups in total. The second kappa shape index (κ2) is 8.09. The van der Waals surface area contributed by atoms with Gasteiger partial charge in [0.25, 0.3) is 0 Å². The highest BCUT2D eigenvalue weighted by Crippen LogP contribution is 2.24. The van der Waals surface area contributed by atoms with Crippen molar-refractivity contribution >= 4 is 11.8 Å². The molecule has 7 heteroatoms. The fourth-order valence-electron chi connectivity index (χ4n) is 2.86. The van der Waals surface area contributed by atoms with E-state index in [9.17, 15) is 0 Å². The molecule has 0 aliphatic carbocycles. The first-order valence-corrected chi connectivity index (χ1v) is 8.35. The summed E-state index contributed by atoms with van der Waals surface area (Å²) in [6.45, 7) is 10.3. The molecule has 7 nitrogen and oxygen atoms in total. The summed E-state index contributed by atoms with van der Waals surface area (Å²) in [5.41, 5.74) is 0.866. The van der Waals surface area contributed by atoms with Crippen LogP contribution in [0.1, 0.15) is 39.3 Å². The van der Waals surface area contributed by atoms with Gasteiger partial charge >= 0.3 is 0 Å². The first kappa shape index (κ1) is 20.6. The van der Waals surface area contributed by atoms with E-state index < -0.39 is 0 Å². The summed E-state index contributed by atoms with van der Waals surface area (Å²) in [6, 6.07) is 2.53. The third-order valence-corrected chi connectivity index (χ3v) is 3.95. The summed E-state index contributed by atoms with van der Waals surface area (Å²) in [4.78, 5) is 19.4. The van der Waals surface area contributed by atoms with Gasteiger partial charge in [0.1, 0.15) is 5.82 Å². The van der Waals surface area contributed by atoms with Gasteiger partial charge in [0.2, 0.25) is 5.95 Å². The Morgan fingerprint density at radius 2 is 1.71 bits per heavy atom. The fourth-order valence-corrected chi connectivity index (χ4v) is 2.86. The maximum absolute atomic E-state index is 5.97. The molecule has 0 atom stereocenters. The third kappa shape index (κ3) is 5.58. The number of hydroxylamine groups is 2. The van der Waals surface area contributed by atoms with Crippen molar-refractivity contribution in [3.8, 4) is 0 Å². The van der Waals surface area contributed by atoms with Crippen LogP contribution in [0.15, 0.2) is 6.07 Å². The van der Waals surface area contributed by atoms with Crippen LogP contribution in [-0.2, 0) is 4.84 Å². The van der Waals surface area contributed by atoms with E-state index in [-0.39, 0.29) is 11.1 Å². The van der Waals surface area contributed by atoms with E-state index in [4.69, 9.17) is 4.84 Å². The Kier molecular flexibility index (Phi) is 6.95. The predicted molar refractivity (Wildman–Crippen MR) is 98.5 cm³/mol. The molecular formula is C17H33N5O2. The average Bonchev–Trinajstić information content (AvgIpc) is 2.45. The van der Waals surface area contributed by atoms with E-state index in [1.807, 2.05) is 38.0 Å². The van der Waals surface area contributed by atoms with Crippen molar-refractivity contribution in [3.05, 3.63) is 11.8 Å². The number of aryl methyl sites for hydroxylation is 1. The molecule has 1 aliphatic heterocycles. The van der Waals surface area contributed by atoms with Gasteiger partial charge in [-0.1, -0.05) is 0 Å². The maximum Gasteiger partial charge on any atom is 0.226 e. The number of piperidine rings is 1. The number of aromatic nitrogens is 2. The molecule has 1 fully saturated rings. The van der Waals surface area contributed by atoms with Crippen LogP contribution >= 0.6 is 0 Å². The lowest BCUT2D eigenvalue weighted by Crippen LogP contribution is -2.46. The van der Waals surface area contributed by atoms with Crippen molar-refractivity contribution in [2.45, 2.75) is 52.2 Å². The monoisotopic (exact) mass is 339 g/mol. The van der Waals surface area contributed by atoms with E-state index in [0.29, 0.717) is 6.04 Å². The van der Waals surface area contributed by atoms with E-state index in [1.165, 1.54) is 0 Å². The van der Waals surface area contributed by atoms with Crippen molar-refractivity contribution < 1.29 is 10.3 Å². The summed E-state index contributed by atoms with van der Waals surface area (Å²) >= 11 is 0. The zero-order valence-electron chi connectivity index (χ0n) is 16.1. The second-order valence-electron chi connectivity index (χ2n) is 7.53. The van der Waals surface area contributed by atoms with Crippen LogP contribution in [0, 0.1) is 6.92 Å². The highest BCUT2D eigenvalue weighted by molar-refractivity contribution is 5.45. The number of hydrogen-bond donors (Lipinski definition) is 0. The second-order valence-corrected chi connectivity index (χ2v) is 7.53. The number of hydrogen-bond acceptors (Lipinski definition) is 6. The van der Waals surface area contributed by atoms with E-state index in [0.717, 1.165) is 43.4 Å². The lowest BCUT2D eigenvalue weighted by Gasteiger charge is -2.39. The summed E-state index contributed by atoms with van der Waals surface area (Å²) in [5.74, 6) is 1.80. The van der Waals surface area contributed by atoms with Gasteiger partial charge in [0, 0.05) is 52.0 Å². The van der Waals surface area contributed by atoms with Gasteiger partial charge in [0.05, 0.1) is 5.60 Å². The molecule has 0 radical (unpaired) electrons. The van der Waals surface area contributed by atoms with Crippen molar-refractivity contribution in [2.24, 2.45) is 0 Å². The Labute approximate surface area is 145 Å². The largest absolute Gasteiger partial charge is 0.412 e. The number of nitrogens with zero attached hydrogens (tertiary/aromatic N) is 5. The third-order valence-electron chi connectivity index (χ3n) is 3.95. The van der Waals surface area contributed by atoms with Crippen molar-refractivity contribution in [2.75, 3.05) is 44.0 Å². The van der Waals surface area contributed by atoms with Crippen LogP contribution in [0.2, 0.25) is 0 Å². The van der Waals surface area contributed by atoms with Crippen LogP contribution in [0.5, 0.6) is 0 Å². The smallest absolute Gasteiger partial charge is 0.226 e. The fraction of sp³-hybridized carbons (Fsp3) is 0.765. The van der Waals surface area contributed by atoms with Gasteiger partial charge in [-0.2, -0.15) is 10.0 Å². The molecule has 0 aromatic carbocycles. The SMILES string of the molecule is Cc1cc(N2CCC(N(C)OC(C)(C)C)CC2)nc(N(C)C)n1.O. The van der Waals surface area contributed by atoms with Gasteiger partial charge in [-0.05, 0) is 40.5 Å². The van der Waals surface area contributed by atoms with E-state index in [1.54, 1.807) is 0 Å². The maximum atomic E-state index is 5.97. The van der Waals surface area contributed by atoms with Gasteiger partial charge in [-0.15, -0.1) is 0 Å². The van der Waals surface area contributed by atoms with E-state index >= 15 is 0 Å². The predicted octanol–water partition coefficient (Wildman–Crippen LogP) is 1.66. The van der Waals surface area contributed by atoms with Crippen LogP contribution in [-0.4, -0.2) is 66.4 Å². The summed E-state index contributed by atoms with van der Waals surface area (Å²) in [6.07, 6.45) is 2.15. The minimum atomic E-state index is -0.143. The molecular weight excluding hydrogens is 306 g/mol. The van der Waals surface area contributed by atoms with Crippen LogP contribution < -0.4 is 9.80 Å². The lowest BCUT2D eigenvalue weighted by molar-refractivity contribution is -0.237. The average molecular weight is 339 g/mol. The van der Waals surface area contributed by atoms with Crippen LogP contribution in [0.25, 0.3) is 0 Å². The van der Waals surface area contributed by atoms with Crippen molar-refractivity contribution in [1.29, 1.82) is 0 Å². The quantitative estimate of drug-likeness (QED) is 0.777. The first-order valence-electron chi connectivity index (χ1n) is 8.35. The molecule has 2 rings (SSSR count). The zero-order valence-corrected chi connectivity index (χ0v) is 16.1. The molecule has 138 valence electrons. The Balaban J connectivity index is 0.00000288. The zero-order chi connectivity index (χ0) is 17.2. The molecule has 0 bridgehead atoms. The highest BCUT2D eigenvalue weighted by Gasteiger charge is 2.26. The van der Waals surface area contributed by atoms with Crippen molar-refractivity contribution in [3.63, 3.8) is 0 Å². The molecule has 1 aromatic rings. The van der Waals surface area contributed by atoms with E-state index in [2.05, 4.69) is 41.7 Å². The Hall–Kier alpha value is -1.44. The topological polar surface area (TPSA) is 76.2 Å². The number of rotatable bonds is 4. The summed E-state index contributed by atoms with van der Waals surface area (Å²) in [7, 11) is 6.00. The normalized spacial score (nSPS) is 16.2. The highest BCUT2D eigenvalue weighted by atomic mass is 16.7. The van der Waals surface area contributed by atoms with Crippen molar-refractivity contribution in [1.82, 2.24) is 15.0 Å². The molecule has 1 aliphatic rings.